The highest BCUT2D eigenvalue weighted by Gasteiger charge is 2.32. The zero-order chi connectivity index (χ0) is 18.8. The lowest BCUT2D eigenvalue weighted by Crippen LogP contribution is -2.38. The number of hydrogen-bond donors (Lipinski definition) is 1. The predicted octanol–water partition coefficient (Wildman–Crippen LogP) is 1.58. The second kappa shape index (κ2) is 7.82. The topological polar surface area (TPSA) is 55.7 Å². The van der Waals surface area contributed by atoms with E-state index in [1.54, 1.807) is 6.33 Å². The first kappa shape index (κ1) is 18.2. The van der Waals surface area contributed by atoms with E-state index < -0.39 is 0 Å². The summed E-state index contributed by atoms with van der Waals surface area (Å²) in [5, 5.41) is 10.2. The fourth-order valence-corrected chi connectivity index (χ4v) is 4.33. The highest BCUT2D eigenvalue weighted by Crippen LogP contribution is 2.27. The highest BCUT2D eigenvalue weighted by molar-refractivity contribution is 5.52. The normalized spacial score (nSPS) is 22.8. The molecule has 0 radical (unpaired) electrons. The molecule has 2 aliphatic rings. The maximum atomic E-state index is 10.2. The zero-order valence-corrected chi connectivity index (χ0v) is 16.3. The molecule has 4 rings (SSSR count). The molecular formula is C21H29N5O. The summed E-state index contributed by atoms with van der Waals surface area (Å²) in [6.07, 6.45) is 4.25. The van der Waals surface area contributed by atoms with Crippen LogP contribution < -0.4 is 9.80 Å². The number of aromatic nitrogens is 2. The molecule has 0 unspecified atom stereocenters. The standard InChI is InChI=1S/C21H29N5O/c1-24(2)13-18-11-19(27)14-26(18)21-12-20(22-15-23-21)25-9-7-16-5-3-4-6-17(16)8-10-25/h3-6,12,15,18-19,27H,7-11,13-14H2,1-2H3/t18-,19-/m1/s1. The lowest BCUT2D eigenvalue weighted by Gasteiger charge is -2.29. The Labute approximate surface area is 161 Å². The first-order valence-electron chi connectivity index (χ1n) is 9.83. The molecule has 6 nitrogen and oxygen atoms in total. The van der Waals surface area contributed by atoms with Gasteiger partial charge in [-0.25, -0.2) is 9.97 Å². The van der Waals surface area contributed by atoms with Crippen molar-refractivity contribution in [3.63, 3.8) is 0 Å². The van der Waals surface area contributed by atoms with Crippen molar-refractivity contribution in [1.82, 2.24) is 14.9 Å². The summed E-state index contributed by atoms with van der Waals surface area (Å²) >= 11 is 0. The van der Waals surface area contributed by atoms with Gasteiger partial charge in [0, 0.05) is 38.3 Å². The van der Waals surface area contributed by atoms with E-state index in [4.69, 9.17) is 0 Å². The number of nitrogens with zero attached hydrogens (tertiary/aromatic N) is 5. The second-order valence-corrected chi connectivity index (χ2v) is 7.95. The molecule has 144 valence electrons. The molecule has 0 amide bonds. The summed E-state index contributed by atoms with van der Waals surface area (Å²) in [6.45, 7) is 3.49. The fourth-order valence-electron chi connectivity index (χ4n) is 4.33. The van der Waals surface area contributed by atoms with Crippen molar-refractivity contribution in [2.45, 2.75) is 31.4 Å². The van der Waals surface area contributed by atoms with Gasteiger partial charge in [-0.1, -0.05) is 24.3 Å². The third-order valence-corrected chi connectivity index (χ3v) is 5.65. The first-order valence-corrected chi connectivity index (χ1v) is 9.83. The molecule has 1 saturated heterocycles. The van der Waals surface area contributed by atoms with E-state index in [9.17, 15) is 5.11 Å². The summed E-state index contributed by atoms with van der Waals surface area (Å²) in [6, 6.07) is 11.1. The Morgan fingerprint density at radius 3 is 2.41 bits per heavy atom. The van der Waals surface area contributed by atoms with Gasteiger partial charge in [-0.2, -0.15) is 0 Å². The van der Waals surface area contributed by atoms with Gasteiger partial charge in [0.05, 0.1) is 6.10 Å². The van der Waals surface area contributed by atoms with Crippen molar-refractivity contribution in [2.24, 2.45) is 0 Å². The zero-order valence-electron chi connectivity index (χ0n) is 16.3. The Balaban J connectivity index is 1.53. The highest BCUT2D eigenvalue weighted by atomic mass is 16.3. The third kappa shape index (κ3) is 4.06. The van der Waals surface area contributed by atoms with Crippen molar-refractivity contribution in [1.29, 1.82) is 0 Å². The lowest BCUT2D eigenvalue weighted by molar-refractivity contribution is 0.191. The van der Waals surface area contributed by atoms with Crippen LogP contribution in [0.2, 0.25) is 0 Å². The number of anilines is 2. The number of aliphatic hydroxyl groups is 1. The van der Waals surface area contributed by atoms with Crippen molar-refractivity contribution in [3.05, 3.63) is 47.8 Å². The predicted molar refractivity (Wildman–Crippen MR) is 108 cm³/mol. The number of aliphatic hydroxyl groups excluding tert-OH is 1. The summed E-state index contributed by atoms with van der Waals surface area (Å²) in [7, 11) is 4.15. The van der Waals surface area contributed by atoms with Crippen molar-refractivity contribution < 1.29 is 5.11 Å². The number of hydrogen-bond acceptors (Lipinski definition) is 6. The molecule has 2 aliphatic heterocycles. The van der Waals surface area contributed by atoms with Gasteiger partial charge >= 0.3 is 0 Å². The molecule has 1 fully saturated rings. The number of rotatable bonds is 4. The smallest absolute Gasteiger partial charge is 0.134 e. The van der Waals surface area contributed by atoms with Crippen LogP contribution >= 0.6 is 0 Å². The van der Waals surface area contributed by atoms with E-state index in [0.717, 1.165) is 50.5 Å². The molecule has 0 aliphatic carbocycles. The molecule has 0 spiro atoms. The van der Waals surface area contributed by atoms with E-state index in [2.05, 4.69) is 69.1 Å². The molecule has 2 atom stereocenters. The van der Waals surface area contributed by atoms with Crippen LogP contribution in [-0.4, -0.2) is 72.4 Å². The van der Waals surface area contributed by atoms with Crippen LogP contribution in [0.4, 0.5) is 11.6 Å². The van der Waals surface area contributed by atoms with E-state index in [-0.39, 0.29) is 12.1 Å². The van der Waals surface area contributed by atoms with Crippen LogP contribution in [0.15, 0.2) is 36.7 Å². The Kier molecular flexibility index (Phi) is 5.27. The first-order chi connectivity index (χ1) is 13.1. The summed E-state index contributed by atoms with van der Waals surface area (Å²) in [5.41, 5.74) is 2.89. The largest absolute Gasteiger partial charge is 0.391 e. The molecule has 3 heterocycles. The molecule has 1 N–H and O–H groups in total. The van der Waals surface area contributed by atoms with E-state index in [1.807, 2.05) is 0 Å². The molecule has 1 aromatic heterocycles. The number of fused-ring (bicyclic) bond motifs is 1. The Bertz CT molecular complexity index is 754. The average molecular weight is 367 g/mol. The van der Waals surface area contributed by atoms with Crippen LogP contribution in [-0.2, 0) is 12.8 Å². The summed E-state index contributed by atoms with van der Waals surface area (Å²) < 4.78 is 0. The third-order valence-electron chi connectivity index (χ3n) is 5.65. The SMILES string of the molecule is CN(C)C[C@H]1C[C@@H](O)CN1c1cc(N2CCc3ccccc3CC2)ncn1. The molecule has 6 heteroatoms. The van der Waals surface area contributed by atoms with Gasteiger partial charge in [-0.3, -0.25) is 0 Å². The maximum absolute atomic E-state index is 10.2. The Hall–Kier alpha value is -2.18. The van der Waals surface area contributed by atoms with Gasteiger partial charge in [-0.15, -0.1) is 0 Å². The number of benzene rings is 1. The average Bonchev–Trinajstić information content (AvgIpc) is 2.89. The summed E-state index contributed by atoms with van der Waals surface area (Å²) in [4.78, 5) is 15.9. The number of likely N-dealkylation sites (N-methyl/N-ethyl adjacent to an activating group) is 1. The minimum Gasteiger partial charge on any atom is -0.391 e. The molecule has 1 aromatic carbocycles. The fraction of sp³-hybridized carbons (Fsp3) is 0.524. The maximum Gasteiger partial charge on any atom is 0.134 e. The quantitative estimate of drug-likeness (QED) is 0.886. The van der Waals surface area contributed by atoms with E-state index >= 15 is 0 Å². The van der Waals surface area contributed by atoms with Crippen molar-refractivity contribution >= 4 is 11.6 Å². The van der Waals surface area contributed by atoms with Gasteiger partial charge in [0.2, 0.25) is 0 Å². The van der Waals surface area contributed by atoms with Crippen LogP contribution in [0.5, 0.6) is 0 Å². The molecular weight excluding hydrogens is 338 g/mol. The van der Waals surface area contributed by atoms with E-state index in [1.165, 1.54) is 11.1 Å². The van der Waals surface area contributed by atoms with Crippen LogP contribution in [0.1, 0.15) is 17.5 Å². The second-order valence-electron chi connectivity index (χ2n) is 7.95. The summed E-state index contributed by atoms with van der Waals surface area (Å²) in [5.74, 6) is 1.91. The lowest BCUT2D eigenvalue weighted by atomic mass is 10.0. The Morgan fingerprint density at radius 1 is 1.07 bits per heavy atom. The minimum atomic E-state index is -0.291. The van der Waals surface area contributed by atoms with Crippen LogP contribution in [0.25, 0.3) is 0 Å². The molecule has 0 bridgehead atoms. The van der Waals surface area contributed by atoms with Crippen LogP contribution in [0, 0.1) is 0 Å². The van der Waals surface area contributed by atoms with Gasteiger partial charge in [0.15, 0.2) is 0 Å². The molecule has 2 aromatic rings. The van der Waals surface area contributed by atoms with Crippen molar-refractivity contribution in [2.75, 3.05) is 50.1 Å². The monoisotopic (exact) mass is 367 g/mol. The van der Waals surface area contributed by atoms with Gasteiger partial charge in [-0.05, 0) is 44.5 Å². The number of β-amino-alcohol motifs (C(OH)–C–C–N with tert-alkyl or cyclic N) is 1. The van der Waals surface area contributed by atoms with Gasteiger partial charge in [0.1, 0.15) is 18.0 Å². The van der Waals surface area contributed by atoms with Crippen LogP contribution in [0.3, 0.4) is 0 Å². The van der Waals surface area contributed by atoms with Gasteiger partial charge < -0.3 is 19.8 Å². The van der Waals surface area contributed by atoms with Gasteiger partial charge in [0.25, 0.3) is 0 Å². The molecule has 27 heavy (non-hydrogen) atoms. The Morgan fingerprint density at radius 2 is 1.74 bits per heavy atom. The van der Waals surface area contributed by atoms with Crippen molar-refractivity contribution in [3.8, 4) is 0 Å². The van der Waals surface area contributed by atoms with E-state index in [0.29, 0.717) is 6.54 Å². The molecule has 0 saturated carbocycles. The minimum absolute atomic E-state index is 0.283.